The maximum atomic E-state index is 14.0. The first-order chi connectivity index (χ1) is 34.2. The molecule has 1 amide bonds. The molecule has 6 aliphatic rings. The molecule has 16 heteroatoms. The topological polar surface area (TPSA) is 249 Å². The van der Waals surface area contributed by atoms with Gasteiger partial charge >= 0.3 is 0 Å². The molecule has 8 unspecified atom stereocenters. The van der Waals surface area contributed by atoms with Gasteiger partial charge in [-0.15, -0.1) is 0 Å². The van der Waals surface area contributed by atoms with E-state index in [1.165, 1.54) is 36.4 Å². The van der Waals surface area contributed by atoms with Crippen LogP contribution < -0.4 is 15.5 Å². The number of aliphatic hydroxyl groups is 5. The summed E-state index contributed by atoms with van der Waals surface area (Å²) in [4.78, 5) is 44.0. The Labute approximate surface area is 408 Å². The van der Waals surface area contributed by atoms with Crippen molar-refractivity contribution in [3.63, 3.8) is 0 Å². The Balaban J connectivity index is 1.04. The number of aryl methyl sites for hydroxylation is 2. The Morgan fingerprint density at radius 2 is 1.83 bits per heavy atom. The molecule has 16 nitrogen and oxygen atoms in total. The number of fused-ring (bicyclic) bond motifs is 7. The lowest BCUT2D eigenvalue weighted by Crippen LogP contribution is -2.59. The normalized spacial score (nSPS) is 26.9. The van der Waals surface area contributed by atoms with Crippen molar-refractivity contribution in [1.29, 1.82) is 0 Å². The first kappa shape index (κ1) is 47.2. The van der Waals surface area contributed by atoms with Gasteiger partial charge in [-0.05, 0) is 105 Å². The number of H-pyrrole nitrogens is 1. The number of carbonyl (C=O) groups is 1. The third-order valence-electron chi connectivity index (χ3n) is 16.6. The van der Waals surface area contributed by atoms with Gasteiger partial charge in [-0.3, -0.25) is 9.59 Å². The maximum absolute atomic E-state index is 14.0. The highest BCUT2D eigenvalue weighted by atomic mass is 17.2. The zero-order valence-corrected chi connectivity index (χ0v) is 39.6. The molecule has 71 heavy (non-hydrogen) atoms. The highest BCUT2D eigenvalue weighted by Gasteiger charge is 2.59. The minimum Gasteiger partial charge on any atom is -0.508 e. The average molecular weight is 970 g/mol. The van der Waals surface area contributed by atoms with Crippen molar-refractivity contribution in [2.45, 2.75) is 114 Å². The van der Waals surface area contributed by atoms with E-state index in [1.54, 1.807) is 13.0 Å². The molecule has 3 aromatic carbocycles. The molecule has 6 aromatic rings. The summed E-state index contributed by atoms with van der Waals surface area (Å²) < 4.78 is 16.1. The van der Waals surface area contributed by atoms with Crippen molar-refractivity contribution in [3.8, 4) is 34.8 Å². The van der Waals surface area contributed by atoms with Crippen LogP contribution in [0.2, 0.25) is 0 Å². The number of aromatic hydroxyl groups is 2. The Morgan fingerprint density at radius 1 is 1.01 bits per heavy atom. The number of carbonyl (C=O) groups excluding carboxylic acids is 1. The van der Waals surface area contributed by atoms with E-state index >= 15 is 0 Å². The molecule has 2 fully saturated rings. The SMILES string of the molecule is CCc1c2cc[nH]c2cn1-c1c2c(cc3c(=O)cc(C)oc13)CC(OOCC(O)(Cc1ccc(O)c3ccc(O)cc13)C(O)C(O)C(O)CO)C1(CC=C3C#CCC4CCC5(CC4)C(=O)NCC5C3C1)O2. The van der Waals surface area contributed by atoms with Crippen LogP contribution >= 0.6 is 0 Å². The third-order valence-corrected chi connectivity index (χ3v) is 16.6. The summed E-state index contributed by atoms with van der Waals surface area (Å²) in [5, 5.41) is 82.0. The zero-order valence-electron chi connectivity index (χ0n) is 39.6. The summed E-state index contributed by atoms with van der Waals surface area (Å²) in [5.74, 6) is 7.82. The molecule has 3 aromatic heterocycles. The minimum atomic E-state index is -2.44. The van der Waals surface area contributed by atoms with Crippen LogP contribution in [-0.2, 0) is 33.8 Å². The molecule has 1 saturated carbocycles. The van der Waals surface area contributed by atoms with Gasteiger partial charge in [-0.1, -0.05) is 30.9 Å². The van der Waals surface area contributed by atoms with Crippen LogP contribution in [0.4, 0.5) is 0 Å². The maximum Gasteiger partial charge on any atom is 0.226 e. The average Bonchev–Trinajstić information content (AvgIpc) is 4.05. The van der Waals surface area contributed by atoms with E-state index in [9.17, 15) is 45.3 Å². The molecular weight excluding hydrogens is 911 g/mol. The van der Waals surface area contributed by atoms with E-state index in [-0.39, 0.29) is 47.5 Å². The fraction of sp³-hybridized carbons (Fsp3) is 0.455. The van der Waals surface area contributed by atoms with Gasteiger partial charge in [0.25, 0.3) is 0 Å². The Kier molecular flexibility index (Phi) is 11.9. The predicted octanol–water partition coefficient (Wildman–Crippen LogP) is 5.21. The molecule has 2 aliphatic heterocycles. The summed E-state index contributed by atoms with van der Waals surface area (Å²) in [6.07, 6.45) is 3.92. The predicted molar refractivity (Wildman–Crippen MR) is 261 cm³/mol. The lowest BCUT2D eigenvalue weighted by atomic mass is 9.57. The van der Waals surface area contributed by atoms with Crippen LogP contribution in [0.5, 0.6) is 17.2 Å². The number of phenols is 2. The number of hydrogen-bond donors (Lipinski definition) is 9. The Morgan fingerprint density at radius 3 is 2.62 bits per heavy atom. The van der Waals surface area contributed by atoms with Crippen LogP contribution in [0.3, 0.4) is 0 Å². The number of aromatic amines is 1. The molecule has 2 bridgehead atoms. The van der Waals surface area contributed by atoms with E-state index in [4.69, 9.17) is 18.9 Å². The largest absolute Gasteiger partial charge is 0.508 e. The van der Waals surface area contributed by atoms with Crippen LogP contribution in [0, 0.1) is 41.9 Å². The number of nitrogens with zero attached hydrogens (tertiary/aromatic N) is 1. The summed E-state index contributed by atoms with van der Waals surface area (Å²) in [5.41, 5.74) is 0.110. The van der Waals surface area contributed by atoms with Gasteiger partial charge < -0.3 is 59.8 Å². The number of allylic oxidation sites excluding steroid dienone is 1. The molecule has 12 rings (SSSR count). The molecule has 8 atom stereocenters. The number of benzene rings is 3. The molecule has 372 valence electrons. The quantitative estimate of drug-likeness (QED) is 0.0435. The van der Waals surface area contributed by atoms with Gasteiger partial charge in [0, 0.05) is 84.2 Å². The lowest BCUT2D eigenvalue weighted by Gasteiger charge is -2.50. The smallest absolute Gasteiger partial charge is 0.226 e. The van der Waals surface area contributed by atoms with Gasteiger partial charge in [0.2, 0.25) is 5.91 Å². The van der Waals surface area contributed by atoms with Crippen molar-refractivity contribution in [1.82, 2.24) is 14.9 Å². The number of aliphatic hydroxyl groups excluding tert-OH is 4. The van der Waals surface area contributed by atoms with E-state index in [0.717, 1.165) is 54.3 Å². The molecule has 2 spiro atoms. The first-order valence-corrected chi connectivity index (χ1v) is 24.7. The lowest BCUT2D eigenvalue weighted by molar-refractivity contribution is -0.373. The minimum absolute atomic E-state index is 0.0667. The molecule has 5 heterocycles. The number of phenolic OH excluding ortho intramolecular Hbond substituents is 2. The van der Waals surface area contributed by atoms with Crippen LogP contribution in [0.25, 0.3) is 38.3 Å². The van der Waals surface area contributed by atoms with E-state index < -0.39 is 60.7 Å². The second kappa shape index (κ2) is 17.9. The second-order valence-electron chi connectivity index (χ2n) is 20.7. The summed E-state index contributed by atoms with van der Waals surface area (Å²) in [7, 11) is 0. The number of ether oxygens (including phenoxy) is 1. The van der Waals surface area contributed by atoms with Crippen molar-refractivity contribution in [2.24, 2.45) is 23.2 Å². The highest BCUT2D eigenvalue weighted by molar-refractivity contribution is 5.93. The van der Waals surface area contributed by atoms with E-state index in [0.29, 0.717) is 75.4 Å². The van der Waals surface area contributed by atoms with Crippen LogP contribution in [0.15, 0.2) is 81.8 Å². The van der Waals surface area contributed by atoms with Crippen molar-refractivity contribution in [3.05, 3.63) is 105 Å². The molecule has 4 aliphatic carbocycles. The van der Waals surface area contributed by atoms with Crippen molar-refractivity contribution in [2.75, 3.05) is 19.8 Å². The highest BCUT2D eigenvalue weighted by Crippen LogP contribution is 2.57. The molecular formula is C55H59N3O13. The fourth-order valence-corrected chi connectivity index (χ4v) is 12.7. The van der Waals surface area contributed by atoms with E-state index in [2.05, 4.69) is 35.1 Å². The van der Waals surface area contributed by atoms with Crippen molar-refractivity contribution >= 4 is 38.6 Å². The molecule has 1 saturated heterocycles. The van der Waals surface area contributed by atoms with E-state index in [1.807, 2.05) is 23.0 Å². The van der Waals surface area contributed by atoms with Gasteiger partial charge in [0.15, 0.2) is 16.8 Å². The summed E-state index contributed by atoms with van der Waals surface area (Å²) in [6.45, 7) is 2.53. The summed E-state index contributed by atoms with van der Waals surface area (Å²) in [6, 6.07) is 12.4. The van der Waals surface area contributed by atoms with Gasteiger partial charge in [-0.25, -0.2) is 9.78 Å². The standard InChI is InChI=1S/C55H59N3O13/c1-3-42-36-14-18-56-41(36)26-58(42)47-49-33(20-38-44(62)19-29(2)69-50(38)47)21-46(55(70-49)17-13-31-6-4-5-30-11-15-53(16-12-30)40(39(31)24-55)25-57-52(53)66)71-68-28-54(67,51(65)48(64)45(63)27-59)23-32-7-10-43(61)35-9-8-34(60)22-37(32)35/h7-10,13-14,18-20,22,26,30,39-40,45-46,48,51,56,59-61,63-65,67H,3,5,11-12,15-17,21,23-25,27-28H2,1-2H3,(H,57,66). The van der Waals surface area contributed by atoms with Gasteiger partial charge in [0.1, 0.15) is 65.2 Å². The van der Waals surface area contributed by atoms with Gasteiger partial charge in [-0.2, -0.15) is 0 Å². The number of aromatic nitrogens is 2. The molecule has 0 radical (unpaired) electrons. The zero-order chi connectivity index (χ0) is 49.6. The third kappa shape index (κ3) is 7.81. The Bertz CT molecular complexity index is 3240. The van der Waals surface area contributed by atoms with Crippen molar-refractivity contribution < 1.29 is 59.5 Å². The second-order valence-corrected chi connectivity index (χ2v) is 20.7. The first-order valence-electron chi connectivity index (χ1n) is 24.7. The number of nitrogens with one attached hydrogen (secondary N) is 2. The fourth-order valence-electron chi connectivity index (χ4n) is 12.7. The molecule has 9 N–H and O–H groups in total. The summed E-state index contributed by atoms with van der Waals surface area (Å²) >= 11 is 0. The van der Waals surface area contributed by atoms with Crippen LogP contribution in [0.1, 0.15) is 74.5 Å². The van der Waals surface area contributed by atoms with Gasteiger partial charge in [0.05, 0.1) is 22.9 Å². The Hall–Kier alpha value is -6.16. The number of hydrogen-bond acceptors (Lipinski definition) is 13. The van der Waals surface area contributed by atoms with Crippen LogP contribution in [-0.4, -0.2) is 107 Å². The number of rotatable bonds is 12. The monoisotopic (exact) mass is 969 g/mol. The number of amides is 1.